The molecule has 2 N–H and O–H groups in total. The summed E-state index contributed by atoms with van der Waals surface area (Å²) in [5.41, 5.74) is 8.38. The predicted molar refractivity (Wildman–Crippen MR) is 282 cm³/mol. The van der Waals surface area contributed by atoms with Gasteiger partial charge in [0, 0.05) is 35.8 Å². The Balaban J connectivity index is 1.24. The number of hydrogen-bond donors (Lipinski definition) is 2. The molecule has 8 rings (SSSR count). The number of amides is 2. The highest BCUT2D eigenvalue weighted by molar-refractivity contribution is 8.27. The number of nitrogens with zero attached hydrogens (tertiary/aromatic N) is 3. The highest BCUT2D eigenvalue weighted by atomic mass is 32.2. The van der Waals surface area contributed by atoms with Crippen molar-refractivity contribution in [3.8, 4) is 32.0 Å². The first-order valence-corrected chi connectivity index (χ1v) is 26.1. The molecule has 0 spiro atoms. The van der Waals surface area contributed by atoms with Gasteiger partial charge in [0.25, 0.3) is 11.8 Å². The molecular weight excluding hydrogens is 943 g/mol. The molecule has 2 fully saturated rings. The van der Waals surface area contributed by atoms with Gasteiger partial charge in [0.2, 0.25) is 0 Å². The molecule has 2 saturated heterocycles. The molecule has 5 heterocycles. The van der Waals surface area contributed by atoms with Gasteiger partial charge in [0.15, 0.2) is 0 Å². The predicted octanol–water partition coefficient (Wildman–Crippen LogP) is 13.3. The van der Waals surface area contributed by atoms with Gasteiger partial charge in [0.1, 0.15) is 21.7 Å². The SMILES string of the molecule is CCCCCCc1cc(/C=C2/SC(=S)N(CC(=O)O)C2=O)sc1-c1ccc2nc3ccc(-c4sc(/C=C5/SC(=S)N(CC(=O)O)C5=O)cc4CCCCCC)cc3c(-c3ccccc3)c2c1. The number of thiophene rings is 2. The zero-order chi connectivity index (χ0) is 46.5. The van der Waals surface area contributed by atoms with Crippen LogP contribution in [-0.4, -0.2) is 70.5 Å². The van der Waals surface area contributed by atoms with Crippen LogP contribution < -0.4 is 0 Å². The molecule has 3 aromatic heterocycles. The Labute approximate surface area is 411 Å². The Morgan fingerprint density at radius 3 is 1.48 bits per heavy atom. The monoisotopic (exact) mass is 989 g/mol. The third-order valence-corrected chi connectivity index (χ3v) is 16.6. The fraction of sp³-hybridized carbons (Fsp3) is 0.275. The van der Waals surface area contributed by atoms with Crippen molar-refractivity contribution in [1.82, 2.24) is 14.8 Å². The number of fused-ring (bicyclic) bond motifs is 2. The van der Waals surface area contributed by atoms with Crippen molar-refractivity contribution in [2.24, 2.45) is 0 Å². The lowest BCUT2D eigenvalue weighted by atomic mass is 9.93. The van der Waals surface area contributed by atoms with E-state index in [0.29, 0.717) is 9.81 Å². The summed E-state index contributed by atoms with van der Waals surface area (Å²) in [4.78, 5) is 61.9. The Kier molecular flexibility index (Phi) is 15.3. The summed E-state index contributed by atoms with van der Waals surface area (Å²) in [5.74, 6) is -3.01. The molecule has 6 aromatic rings. The molecule has 0 radical (unpaired) electrons. The lowest BCUT2D eigenvalue weighted by Gasteiger charge is -2.14. The van der Waals surface area contributed by atoms with Crippen molar-refractivity contribution in [2.75, 3.05) is 13.1 Å². The summed E-state index contributed by atoms with van der Waals surface area (Å²) in [6.45, 7) is 3.47. The van der Waals surface area contributed by atoms with Crippen molar-refractivity contribution >= 4 is 137 Å². The summed E-state index contributed by atoms with van der Waals surface area (Å²) in [6.07, 6.45) is 14.3. The van der Waals surface area contributed by atoms with E-state index in [1.807, 2.05) is 18.2 Å². The minimum Gasteiger partial charge on any atom is -0.480 e. The average molecular weight is 990 g/mol. The number of aryl methyl sites for hydroxylation is 2. The maximum atomic E-state index is 13.3. The number of benzene rings is 3. The van der Waals surface area contributed by atoms with Gasteiger partial charge >= 0.3 is 11.9 Å². The lowest BCUT2D eigenvalue weighted by Crippen LogP contribution is -2.33. The van der Waals surface area contributed by atoms with Crippen molar-refractivity contribution in [1.29, 1.82) is 0 Å². The molecule has 2 aliphatic heterocycles. The van der Waals surface area contributed by atoms with E-state index in [1.165, 1.54) is 11.1 Å². The topological polar surface area (TPSA) is 128 Å². The molecule has 2 aliphatic rings. The molecule has 9 nitrogen and oxygen atoms in total. The van der Waals surface area contributed by atoms with Gasteiger partial charge < -0.3 is 10.2 Å². The molecule has 15 heteroatoms. The number of thiocarbonyl (C=S) groups is 2. The van der Waals surface area contributed by atoms with Crippen LogP contribution in [0.2, 0.25) is 0 Å². The van der Waals surface area contributed by atoms with Crippen LogP contribution in [0, 0.1) is 0 Å². The quantitative estimate of drug-likeness (QED) is 0.0348. The van der Waals surface area contributed by atoms with Crippen molar-refractivity contribution < 1.29 is 29.4 Å². The number of carbonyl (C=O) groups is 4. The molecule has 0 aliphatic carbocycles. The fourth-order valence-electron chi connectivity index (χ4n) is 8.33. The number of hydrogen-bond acceptors (Lipinski definition) is 11. The van der Waals surface area contributed by atoms with Crippen LogP contribution >= 0.6 is 70.6 Å². The van der Waals surface area contributed by atoms with E-state index in [0.717, 1.165) is 161 Å². The number of aromatic nitrogens is 1. The third kappa shape index (κ3) is 10.6. The number of unbranched alkanes of at least 4 members (excludes halogenated alkanes) is 6. The number of thioether (sulfide) groups is 2. The second-order valence-electron chi connectivity index (χ2n) is 16.3. The van der Waals surface area contributed by atoms with E-state index < -0.39 is 36.8 Å². The van der Waals surface area contributed by atoms with Crippen molar-refractivity contribution in [2.45, 2.75) is 78.1 Å². The molecule has 0 bridgehead atoms. The summed E-state index contributed by atoms with van der Waals surface area (Å²) in [7, 11) is 0. The zero-order valence-electron chi connectivity index (χ0n) is 36.5. The van der Waals surface area contributed by atoms with Crippen LogP contribution in [0.1, 0.15) is 86.1 Å². The molecule has 338 valence electrons. The normalized spacial score (nSPS) is 15.5. The second-order valence-corrected chi connectivity index (χ2v) is 21.8. The van der Waals surface area contributed by atoms with Gasteiger partial charge in [-0.1, -0.05) is 143 Å². The second kappa shape index (κ2) is 21.3. The number of carbonyl (C=O) groups excluding carboxylic acids is 2. The molecule has 2 amide bonds. The summed E-state index contributed by atoms with van der Waals surface area (Å²) in [5, 5.41) is 20.8. The lowest BCUT2D eigenvalue weighted by molar-refractivity contribution is -0.140. The number of aliphatic carboxylic acids is 2. The van der Waals surface area contributed by atoms with Crippen LogP contribution in [0.15, 0.2) is 88.7 Å². The van der Waals surface area contributed by atoms with Crippen LogP contribution in [-0.2, 0) is 32.0 Å². The highest BCUT2D eigenvalue weighted by Gasteiger charge is 2.35. The van der Waals surface area contributed by atoms with E-state index in [-0.39, 0.29) is 8.64 Å². The number of carboxylic acid groups (broad SMARTS) is 2. The van der Waals surface area contributed by atoms with Gasteiger partial charge in [0.05, 0.1) is 20.8 Å². The number of rotatable bonds is 19. The molecule has 66 heavy (non-hydrogen) atoms. The Hall–Kier alpha value is -5.03. The van der Waals surface area contributed by atoms with Gasteiger partial charge in [-0.05, 0) is 102 Å². The van der Waals surface area contributed by atoms with Crippen LogP contribution in [0.5, 0.6) is 0 Å². The first-order valence-electron chi connectivity index (χ1n) is 22.1. The summed E-state index contributed by atoms with van der Waals surface area (Å²) >= 11 is 16.3. The van der Waals surface area contributed by atoms with E-state index in [4.69, 9.17) is 29.4 Å². The molecule has 3 aromatic carbocycles. The van der Waals surface area contributed by atoms with E-state index >= 15 is 0 Å². The smallest absolute Gasteiger partial charge is 0.323 e. The third-order valence-electron chi connectivity index (χ3n) is 11.5. The van der Waals surface area contributed by atoms with Crippen molar-refractivity contribution in [3.63, 3.8) is 0 Å². The zero-order valence-corrected chi connectivity index (χ0v) is 41.4. The molecule has 0 atom stereocenters. The Bertz CT molecular complexity index is 2800. The minimum atomic E-state index is -1.11. The summed E-state index contributed by atoms with van der Waals surface area (Å²) < 4.78 is 0.485. The largest absolute Gasteiger partial charge is 0.480 e. The van der Waals surface area contributed by atoms with Gasteiger partial charge in [-0.3, -0.25) is 29.0 Å². The van der Waals surface area contributed by atoms with Crippen LogP contribution in [0.25, 0.3) is 66.0 Å². The standard InChI is InChI=1S/C51H47N3O6S6/c1-3-5-7-10-16-31-22-35(26-41-48(59)53(28-43(55)56)50(61)65-41)63-46(31)33-18-20-39-37(24-33)45(30-14-12-9-13-15-30)38-25-34(19-21-40(38)52-39)47-32(17-11-8-6-4-2)23-36(64-47)27-42-49(60)54(29-44(57)58)51(62)66-42/h9,12-15,18-27H,3-8,10-11,16-17,28-29H2,1-2H3,(H,55,56)(H,57,58)/b41-26+,42-27+. The molecule has 0 saturated carbocycles. The van der Waals surface area contributed by atoms with E-state index in [9.17, 15) is 29.4 Å². The van der Waals surface area contributed by atoms with Gasteiger partial charge in [-0.15, -0.1) is 22.7 Å². The van der Waals surface area contributed by atoms with Crippen LogP contribution in [0.3, 0.4) is 0 Å². The Morgan fingerprint density at radius 1 is 0.606 bits per heavy atom. The van der Waals surface area contributed by atoms with Gasteiger partial charge in [-0.2, -0.15) is 0 Å². The van der Waals surface area contributed by atoms with Crippen LogP contribution in [0.4, 0.5) is 0 Å². The summed E-state index contributed by atoms with van der Waals surface area (Å²) in [6, 6.07) is 27.7. The van der Waals surface area contributed by atoms with Gasteiger partial charge in [-0.25, -0.2) is 4.98 Å². The van der Waals surface area contributed by atoms with E-state index in [2.05, 4.69) is 86.6 Å². The van der Waals surface area contributed by atoms with Crippen molar-refractivity contribution in [3.05, 3.63) is 110 Å². The maximum Gasteiger partial charge on any atom is 0.323 e. The number of carboxylic acids is 2. The fourth-order valence-corrected chi connectivity index (χ4v) is 13.3. The Morgan fingerprint density at radius 2 is 1.06 bits per heavy atom. The molecular formula is C51H47N3O6S6. The molecule has 0 unspecified atom stereocenters. The first-order chi connectivity index (χ1) is 31.9. The number of pyridine rings is 1. The minimum absolute atomic E-state index is 0.243. The average Bonchev–Trinajstić information content (AvgIpc) is 4.03. The first kappa shape index (κ1) is 47.5. The highest BCUT2D eigenvalue weighted by Crippen LogP contribution is 2.44. The maximum absolute atomic E-state index is 13.3. The van der Waals surface area contributed by atoms with E-state index in [1.54, 1.807) is 22.7 Å².